The third-order valence-corrected chi connectivity index (χ3v) is 7.42. The van der Waals surface area contributed by atoms with Gasteiger partial charge in [-0.2, -0.15) is 0 Å². The van der Waals surface area contributed by atoms with Gasteiger partial charge < -0.3 is 20.9 Å². The van der Waals surface area contributed by atoms with E-state index in [-0.39, 0.29) is 5.91 Å². The van der Waals surface area contributed by atoms with Crippen molar-refractivity contribution < 1.29 is 4.79 Å². The van der Waals surface area contributed by atoms with Crippen molar-refractivity contribution in [2.75, 3.05) is 37.3 Å². The van der Waals surface area contributed by atoms with Crippen LogP contribution in [0.1, 0.15) is 28.8 Å². The second-order valence-electron chi connectivity index (χ2n) is 9.59. The second kappa shape index (κ2) is 7.89. The summed E-state index contributed by atoms with van der Waals surface area (Å²) in [6, 6.07) is 18.2. The normalized spacial score (nSPS) is 22.2. The molecule has 0 saturated carbocycles. The zero-order valence-corrected chi connectivity index (χ0v) is 18.9. The first kappa shape index (κ1) is 20.2. The summed E-state index contributed by atoms with van der Waals surface area (Å²) in [4.78, 5) is 21.7. The number of nitrogen functional groups attached to an aromatic ring is 1. The summed E-state index contributed by atoms with van der Waals surface area (Å²) in [5, 5.41) is 2.90. The number of amides is 1. The van der Waals surface area contributed by atoms with Crippen LogP contribution >= 0.6 is 0 Å². The van der Waals surface area contributed by atoms with Gasteiger partial charge in [-0.3, -0.25) is 4.79 Å². The Balaban J connectivity index is 1.30. The number of rotatable bonds is 3. The molecule has 2 aromatic carbocycles. The minimum atomic E-state index is -0.00322. The van der Waals surface area contributed by atoms with Crippen LogP contribution in [0.15, 0.2) is 54.7 Å². The number of hydrogen-bond acceptors (Lipinski definition) is 5. The summed E-state index contributed by atoms with van der Waals surface area (Å²) < 4.78 is 0. The summed E-state index contributed by atoms with van der Waals surface area (Å²) in [5.74, 6) is 0.501. The number of fused-ring (bicyclic) bond motifs is 3. The number of anilines is 2. The van der Waals surface area contributed by atoms with Gasteiger partial charge >= 0.3 is 0 Å². The van der Waals surface area contributed by atoms with E-state index in [1.807, 2.05) is 18.3 Å². The molecule has 168 valence electrons. The lowest BCUT2D eigenvalue weighted by atomic mass is 9.94. The maximum atomic E-state index is 12.1. The van der Waals surface area contributed by atoms with Crippen LogP contribution in [0.4, 0.5) is 11.5 Å². The highest BCUT2D eigenvalue weighted by atomic mass is 16.1. The number of nitrogens with two attached hydrogens (primary N) is 1. The zero-order chi connectivity index (χ0) is 22.5. The molecule has 0 radical (unpaired) electrons. The van der Waals surface area contributed by atoms with Gasteiger partial charge in [-0.15, -0.1) is 0 Å². The van der Waals surface area contributed by atoms with E-state index in [1.54, 1.807) is 0 Å². The summed E-state index contributed by atoms with van der Waals surface area (Å²) in [7, 11) is 2.23. The molecule has 3 aliphatic heterocycles. The predicted octanol–water partition coefficient (Wildman–Crippen LogP) is 3.57. The van der Waals surface area contributed by atoms with Gasteiger partial charge in [-0.05, 0) is 67.3 Å². The van der Waals surface area contributed by atoms with E-state index in [4.69, 9.17) is 5.73 Å². The maximum Gasteiger partial charge on any atom is 0.251 e. The number of carbonyl (C=O) groups excluding carboxylic acids is 1. The van der Waals surface area contributed by atoms with Crippen LogP contribution in [0.2, 0.25) is 0 Å². The van der Waals surface area contributed by atoms with E-state index >= 15 is 0 Å². The number of likely N-dealkylation sites (tertiary alicyclic amines) is 1. The molecule has 6 heteroatoms. The van der Waals surface area contributed by atoms with Crippen molar-refractivity contribution >= 4 is 17.4 Å². The molecule has 1 amide bonds. The Kier molecular flexibility index (Phi) is 4.84. The van der Waals surface area contributed by atoms with Crippen LogP contribution in [0, 0.1) is 0 Å². The minimum Gasteiger partial charge on any atom is -0.383 e. The Morgan fingerprint density at radius 2 is 1.67 bits per heavy atom. The van der Waals surface area contributed by atoms with E-state index in [1.165, 1.54) is 18.5 Å². The fraction of sp³-hybridized carbons (Fsp3) is 0.333. The number of nitrogens with one attached hydrogen (secondary N) is 1. The van der Waals surface area contributed by atoms with Crippen molar-refractivity contribution in [1.82, 2.24) is 15.2 Å². The van der Waals surface area contributed by atoms with Crippen LogP contribution < -0.4 is 16.0 Å². The van der Waals surface area contributed by atoms with E-state index in [0.717, 1.165) is 52.9 Å². The highest BCUT2D eigenvalue weighted by Gasteiger charge is 2.38. The van der Waals surface area contributed by atoms with Gasteiger partial charge in [-0.1, -0.05) is 24.3 Å². The first-order valence-corrected chi connectivity index (χ1v) is 11.8. The van der Waals surface area contributed by atoms with Crippen molar-refractivity contribution in [3.63, 3.8) is 0 Å². The lowest BCUT2D eigenvalue weighted by Gasteiger charge is -2.41. The standard InChI is InChI=1S/C27H29N5O/c1-31-15-22-7-8-23(16-31)32(22)21-5-2-17(3-6-21)20-13-25(26(28)30-14-20)18-4-9-24-19(12-18)10-11-29-27(24)33/h2-6,9,12-14,22-23H,7-8,10-11,15-16H2,1H3,(H2,28,30)(H,29,33). The molecule has 2 fully saturated rings. The molecule has 4 heterocycles. The zero-order valence-electron chi connectivity index (χ0n) is 18.9. The molecule has 3 N–H and O–H groups in total. The van der Waals surface area contributed by atoms with Gasteiger partial charge in [0.1, 0.15) is 5.82 Å². The van der Waals surface area contributed by atoms with Gasteiger partial charge in [-0.25, -0.2) is 4.98 Å². The summed E-state index contributed by atoms with van der Waals surface area (Å²) in [5.41, 5.74) is 13.5. The highest BCUT2D eigenvalue weighted by Crippen LogP contribution is 2.36. The molecule has 2 unspecified atom stereocenters. The molecule has 2 saturated heterocycles. The molecular formula is C27H29N5O. The third kappa shape index (κ3) is 3.55. The molecule has 3 aromatic rings. The van der Waals surface area contributed by atoms with Gasteiger partial charge in [0.25, 0.3) is 5.91 Å². The third-order valence-electron chi connectivity index (χ3n) is 7.42. The Morgan fingerprint density at radius 1 is 0.939 bits per heavy atom. The van der Waals surface area contributed by atoms with Gasteiger partial charge in [0.15, 0.2) is 0 Å². The molecule has 3 aliphatic rings. The smallest absolute Gasteiger partial charge is 0.251 e. The monoisotopic (exact) mass is 439 g/mol. The molecule has 1 aromatic heterocycles. The number of hydrogen-bond donors (Lipinski definition) is 2. The van der Waals surface area contributed by atoms with E-state index in [0.29, 0.717) is 24.4 Å². The lowest BCUT2D eigenvalue weighted by Crippen LogP contribution is -2.52. The van der Waals surface area contributed by atoms with Crippen LogP contribution in [0.3, 0.4) is 0 Å². The maximum absolute atomic E-state index is 12.1. The molecule has 6 nitrogen and oxygen atoms in total. The molecule has 2 atom stereocenters. The highest BCUT2D eigenvalue weighted by molar-refractivity contribution is 5.97. The average Bonchev–Trinajstić information content (AvgIpc) is 3.10. The van der Waals surface area contributed by atoms with E-state index in [2.05, 4.69) is 63.5 Å². The fourth-order valence-corrected chi connectivity index (χ4v) is 5.82. The van der Waals surface area contributed by atoms with E-state index in [9.17, 15) is 4.79 Å². The van der Waals surface area contributed by atoms with Crippen LogP contribution in [0.5, 0.6) is 0 Å². The number of nitrogens with zero attached hydrogens (tertiary/aromatic N) is 3. The molecular weight excluding hydrogens is 410 g/mol. The lowest BCUT2D eigenvalue weighted by molar-refractivity contribution is 0.0946. The second-order valence-corrected chi connectivity index (χ2v) is 9.59. The first-order valence-electron chi connectivity index (χ1n) is 11.8. The number of benzene rings is 2. The molecule has 0 spiro atoms. The first-order chi connectivity index (χ1) is 16.1. The number of pyridine rings is 1. The Morgan fingerprint density at radius 3 is 2.42 bits per heavy atom. The summed E-state index contributed by atoms with van der Waals surface area (Å²) >= 11 is 0. The molecule has 6 rings (SSSR count). The summed E-state index contributed by atoms with van der Waals surface area (Å²) in [6.07, 6.45) is 5.24. The minimum absolute atomic E-state index is 0.00322. The van der Waals surface area contributed by atoms with Crippen LogP contribution in [-0.4, -0.2) is 54.6 Å². The van der Waals surface area contributed by atoms with Crippen LogP contribution in [-0.2, 0) is 6.42 Å². The van der Waals surface area contributed by atoms with Gasteiger partial charge in [0, 0.05) is 60.3 Å². The van der Waals surface area contributed by atoms with E-state index < -0.39 is 0 Å². The number of carbonyl (C=O) groups is 1. The quantitative estimate of drug-likeness (QED) is 0.653. The van der Waals surface area contributed by atoms with Gasteiger partial charge in [0.05, 0.1) is 0 Å². The topological polar surface area (TPSA) is 74.5 Å². The molecule has 33 heavy (non-hydrogen) atoms. The largest absolute Gasteiger partial charge is 0.383 e. The SMILES string of the molecule is CN1CC2CCC(C1)N2c1ccc(-c2cnc(N)c(-c3ccc4c(c3)CCNC4=O)c2)cc1. The average molecular weight is 440 g/mol. The fourth-order valence-electron chi connectivity index (χ4n) is 5.82. The predicted molar refractivity (Wildman–Crippen MR) is 132 cm³/mol. The molecule has 2 bridgehead atoms. The number of likely N-dealkylation sites (N-methyl/N-ethyl adjacent to an activating group) is 1. The number of aromatic nitrogens is 1. The summed E-state index contributed by atoms with van der Waals surface area (Å²) in [6.45, 7) is 2.96. The van der Waals surface area contributed by atoms with Crippen molar-refractivity contribution in [3.05, 3.63) is 65.9 Å². The van der Waals surface area contributed by atoms with Crippen molar-refractivity contribution in [2.24, 2.45) is 0 Å². The van der Waals surface area contributed by atoms with Crippen molar-refractivity contribution in [3.8, 4) is 22.3 Å². The number of piperazine rings is 1. The Bertz CT molecular complexity index is 1210. The van der Waals surface area contributed by atoms with Crippen molar-refractivity contribution in [1.29, 1.82) is 0 Å². The van der Waals surface area contributed by atoms with Gasteiger partial charge in [0.2, 0.25) is 0 Å². The van der Waals surface area contributed by atoms with Crippen molar-refractivity contribution in [2.45, 2.75) is 31.3 Å². The Hall–Kier alpha value is -3.38. The Labute approximate surface area is 194 Å². The van der Waals surface area contributed by atoms with Crippen LogP contribution in [0.25, 0.3) is 22.3 Å². The molecule has 0 aliphatic carbocycles.